The van der Waals surface area contributed by atoms with Crippen molar-refractivity contribution in [2.75, 3.05) is 13.1 Å². The number of rotatable bonds is 12. The lowest BCUT2D eigenvalue weighted by molar-refractivity contribution is -0.0379. The van der Waals surface area contributed by atoms with Crippen LogP contribution in [0.1, 0.15) is 42.9 Å². The Morgan fingerprint density at radius 2 is 1.38 bits per heavy atom. The number of nitrogens with one attached hydrogen (secondary N) is 2. The molecule has 7 N–H and O–H groups in total. The maximum Gasteiger partial charge on any atom is 0.164 e. The van der Waals surface area contributed by atoms with Gasteiger partial charge >= 0.3 is 0 Å². The lowest BCUT2D eigenvalue weighted by atomic mass is 9.95. The van der Waals surface area contributed by atoms with Crippen LogP contribution in [0.5, 0.6) is 5.75 Å². The van der Waals surface area contributed by atoms with Gasteiger partial charge in [-0.15, -0.1) is 0 Å². The quantitative estimate of drug-likeness (QED) is 0.209. The van der Waals surface area contributed by atoms with Crippen molar-refractivity contribution in [3.63, 3.8) is 0 Å². The molecule has 0 aliphatic heterocycles. The van der Waals surface area contributed by atoms with Crippen LogP contribution >= 0.6 is 0 Å². The minimum atomic E-state index is -1.42. The molecule has 7 nitrogen and oxygen atoms in total. The summed E-state index contributed by atoms with van der Waals surface area (Å²) in [5.74, 6) is 0.136. The van der Waals surface area contributed by atoms with E-state index in [4.69, 9.17) is 20.4 Å². The molecule has 0 radical (unpaired) electrons. The molecule has 138 valence electrons. The van der Waals surface area contributed by atoms with Crippen molar-refractivity contribution in [3.8, 4) is 5.75 Å². The molecular weight excluding hydrogens is 312 g/mol. The first-order chi connectivity index (χ1) is 11.4. The van der Waals surface area contributed by atoms with Crippen molar-refractivity contribution in [1.29, 1.82) is 0 Å². The summed E-state index contributed by atoms with van der Waals surface area (Å²) < 4.78 is 0. The van der Waals surface area contributed by atoms with E-state index in [-0.39, 0.29) is 18.8 Å². The molecule has 0 aliphatic carbocycles. The van der Waals surface area contributed by atoms with E-state index in [0.717, 1.165) is 42.4 Å². The van der Waals surface area contributed by atoms with E-state index in [9.17, 15) is 5.11 Å². The number of phenols is 1. The molecule has 0 fully saturated rings. The van der Waals surface area contributed by atoms with Crippen molar-refractivity contribution in [1.82, 2.24) is 10.6 Å². The van der Waals surface area contributed by atoms with Crippen LogP contribution in [0.2, 0.25) is 0 Å². The minimum absolute atomic E-state index is 0.0499. The Morgan fingerprint density at radius 3 is 1.79 bits per heavy atom. The number of unbranched alkanes of at least 4 members (excludes halogenated alkanes) is 2. The predicted molar refractivity (Wildman–Crippen MR) is 91.2 cm³/mol. The number of benzene rings is 1. The van der Waals surface area contributed by atoms with Gasteiger partial charge in [-0.3, -0.25) is 0 Å². The topological polar surface area (TPSA) is 125 Å². The third-order valence-electron chi connectivity index (χ3n) is 3.73. The molecule has 0 spiro atoms. The van der Waals surface area contributed by atoms with Crippen molar-refractivity contribution < 1.29 is 25.5 Å². The zero-order valence-electron chi connectivity index (χ0n) is 14.2. The fraction of sp³-hybridized carbons (Fsp3) is 0.647. The van der Waals surface area contributed by atoms with Gasteiger partial charge < -0.3 is 36.2 Å². The fourth-order valence-corrected chi connectivity index (χ4v) is 2.64. The summed E-state index contributed by atoms with van der Waals surface area (Å²) in [7, 11) is 0. The van der Waals surface area contributed by atoms with Gasteiger partial charge in [-0.25, -0.2) is 0 Å². The standard InChI is InChI=1S/C17H30N2O5/c1-2-3-4-5-15-12(8-18-10-16(21)22)6-14(20)7-13(15)9-19-11-17(23)24/h6-7,16-24H,2-5,8-11H2,1H3. The van der Waals surface area contributed by atoms with E-state index in [2.05, 4.69) is 17.6 Å². The SMILES string of the molecule is CCCCCc1c(CNCC(O)O)cc(O)cc1CNCC(O)O. The van der Waals surface area contributed by atoms with Crippen molar-refractivity contribution in [3.05, 3.63) is 28.8 Å². The number of aliphatic hydroxyl groups is 4. The van der Waals surface area contributed by atoms with Gasteiger partial charge in [0.25, 0.3) is 0 Å². The second kappa shape index (κ2) is 11.4. The predicted octanol–water partition coefficient (Wildman–Crippen LogP) is -0.0745. The summed E-state index contributed by atoms with van der Waals surface area (Å²) in [4.78, 5) is 0. The van der Waals surface area contributed by atoms with Crippen molar-refractivity contribution in [2.24, 2.45) is 0 Å². The van der Waals surface area contributed by atoms with E-state index < -0.39 is 12.6 Å². The molecule has 7 heteroatoms. The molecule has 1 aromatic carbocycles. The van der Waals surface area contributed by atoms with Crippen LogP contribution in [0.3, 0.4) is 0 Å². The molecule has 0 heterocycles. The Hall–Kier alpha value is -1.22. The average Bonchev–Trinajstić information content (AvgIpc) is 2.49. The summed E-state index contributed by atoms with van der Waals surface area (Å²) in [6, 6.07) is 3.37. The zero-order chi connectivity index (χ0) is 17.9. The van der Waals surface area contributed by atoms with Crippen LogP contribution in [0, 0.1) is 0 Å². The second-order valence-electron chi connectivity index (χ2n) is 5.92. The summed E-state index contributed by atoms with van der Waals surface area (Å²) in [5.41, 5.74) is 2.92. The second-order valence-corrected chi connectivity index (χ2v) is 5.92. The average molecular weight is 342 g/mol. The molecule has 0 atom stereocenters. The number of hydrogen-bond donors (Lipinski definition) is 7. The Bertz CT molecular complexity index is 445. The maximum absolute atomic E-state index is 9.95. The van der Waals surface area contributed by atoms with Gasteiger partial charge in [-0.2, -0.15) is 0 Å². The largest absolute Gasteiger partial charge is 0.508 e. The van der Waals surface area contributed by atoms with Crippen LogP contribution in [-0.2, 0) is 19.5 Å². The molecule has 1 aromatic rings. The molecular formula is C17H30N2O5. The van der Waals surface area contributed by atoms with E-state index in [1.807, 2.05) is 0 Å². The molecule has 0 amide bonds. The molecule has 0 saturated carbocycles. The number of aliphatic hydroxyl groups excluding tert-OH is 2. The van der Waals surface area contributed by atoms with Crippen molar-refractivity contribution in [2.45, 2.75) is 58.3 Å². The number of hydrogen-bond acceptors (Lipinski definition) is 7. The van der Waals surface area contributed by atoms with Gasteiger partial charge in [-0.05, 0) is 41.7 Å². The van der Waals surface area contributed by atoms with Gasteiger partial charge in [0.2, 0.25) is 0 Å². The smallest absolute Gasteiger partial charge is 0.164 e. The molecule has 0 aliphatic rings. The van der Waals surface area contributed by atoms with E-state index in [1.54, 1.807) is 12.1 Å². The molecule has 0 saturated heterocycles. The monoisotopic (exact) mass is 342 g/mol. The third kappa shape index (κ3) is 8.05. The normalized spacial score (nSPS) is 11.6. The lowest BCUT2D eigenvalue weighted by Gasteiger charge is -2.18. The minimum Gasteiger partial charge on any atom is -0.508 e. The molecule has 0 unspecified atom stereocenters. The van der Waals surface area contributed by atoms with E-state index in [0.29, 0.717) is 13.1 Å². The molecule has 0 aromatic heterocycles. The molecule has 1 rings (SSSR count). The third-order valence-corrected chi connectivity index (χ3v) is 3.73. The van der Waals surface area contributed by atoms with Gasteiger partial charge in [0.1, 0.15) is 5.75 Å². The summed E-state index contributed by atoms with van der Waals surface area (Å²) in [6.07, 6.45) is 1.24. The Morgan fingerprint density at radius 1 is 0.875 bits per heavy atom. The maximum atomic E-state index is 9.95. The fourth-order valence-electron chi connectivity index (χ4n) is 2.64. The van der Waals surface area contributed by atoms with Crippen LogP contribution in [0.4, 0.5) is 0 Å². The first kappa shape index (κ1) is 20.8. The Balaban J connectivity index is 2.89. The molecule has 0 bridgehead atoms. The van der Waals surface area contributed by atoms with Gasteiger partial charge in [0.15, 0.2) is 12.6 Å². The van der Waals surface area contributed by atoms with Crippen molar-refractivity contribution >= 4 is 0 Å². The highest BCUT2D eigenvalue weighted by Gasteiger charge is 2.12. The van der Waals surface area contributed by atoms with Crippen LogP contribution < -0.4 is 10.6 Å². The number of aromatic hydroxyl groups is 1. The highest BCUT2D eigenvalue weighted by molar-refractivity contribution is 5.42. The van der Waals surface area contributed by atoms with Crippen LogP contribution in [0.15, 0.2) is 12.1 Å². The van der Waals surface area contributed by atoms with E-state index >= 15 is 0 Å². The summed E-state index contributed by atoms with van der Waals surface area (Å²) >= 11 is 0. The van der Waals surface area contributed by atoms with Crippen LogP contribution in [0.25, 0.3) is 0 Å². The molecule has 24 heavy (non-hydrogen) atoms. The van der Waals surface area contributed by atoms with Gasteiger partial charge in [-0.1, -0.05) is 19.8 Å². The van der Waals surface area contributed by atoms with Gasteiger partial charge in [0.05, 0.1) is 0 Å². The van der Waals surface area contributed by atoms with Crippen LogP contribution in [-0.4, -0.2) is 51.2 Å². The number of phenolic OH excluding ortho intramolecular Hbond substituents is 1. The first-order valence-corrected chi connectivity index (χ1v) is 8.41. The Labute approximate surface area is 143 Å². The van der Waals surface area contributed by atoms with E-state index in [1.165, 1.54) is 0 Å². The van der Waals surface area contributed by atoms with Gasteiger partial charge in [0, 0.05) is 26.2 Å². The summed E-state index contributed by atoms with van der Waals surface area (Å²) in [5, 5.41) is 51.6. The Kier molecular flexibility index (Phi) is 9.85. The highest BCUT2D eigenvalue weighted by atomic mass is 16.5. The zero-order valence-corrected chi connectivity index (χ0v) is 14.2. The highest BCUT2D eigenvalue weighted by Crippen LogP contribution is 2.24. The first-order valence-electron chi connectivity index (χ1n) is 8.41. The lowest BCUT2D eigenvalue weighted by Crippen LogP contribution is -2.27. The summed E-state index contributed by atoms with van der Waals surface area (Å²) in [6.45, 7) is 3.07.